The average molecular weight is 435 g/mol. The van der Waals surface area contributed by atoms with Gasteiger partial charge in [-0.1, -0.05) is 43.7 Å². The fourth-order valence-electron chi connectivity index (χ4n) is 4.59. The molecule has 3 aromatic carbocycles. The number of hydrogen-bond donors (Lipinski definition) is 1. The van der Waals surface area contributed by atoms with E-state index in [0.717, 1.165) is 47.8 Å². The Morgan fingerprint density at radius 2 is 1.69 bits per heavy atom. The first kappa shape index (κ1) is 22.0. The first-order valence-corrected chi connectivity index (χ1v) is 11.1. The smallest absolute Gasteiger partial charge is 0.306 e. The second-order valence-electron chi connectivity index (χ2n) is 8.58. The number of benzene rings is 3. The van der Waals surface area contributed by atoms with E-state index in [1.54, 1.807) is 28.8 Å². The van der Waals surface area contributed by atoms with Crippen molar-refractivity contribution >= 4 is 11.0 Å². The van der Waals surface area contributed by atoms with Crippen LogP contribution >= 0.6 is 0 Å². The molecular formula is C27H28F2N2O. The maximum absolute atomic E-state index is 14.0. The van der Waals surface area contributed by atoms with E-state index in [-0.39, 0.29) is 17.3 Å². The topological polar surface area (TPSA) is 37.8 Å². The molecule has 5 heteroatoms. The maximum atomic E-state index is 14.0. The van der Waals surface area contributed by atoms with Gasteiger partial charge in [-0.25, -0.2) is 13.6 Å². The summed E-state index contributed by atoms with van der Waals surface area (Å²) in [7, 11) is 0. The van der Waals surface area contributed by atoms with Gasteiger partial charge in [0.1, 0.15) is 11.6 Å². The molecule has 4 rings (SSSR count). The van der Waals surface area contributed by atoms with Gasteiger partial charge in [0.05, 0.1) is 11.0 Å². The van der Waals surface area contributed by atoms with Gasteiger partial charge in [-0.2, -0.15) is 0 Å². The Bertz CT molecular complexity index is 1270. The normalized spacial score (nSPS) is 13.4. The SMILES string of the molecule is CCn1c(=O)[nH]c2cc(CCCCC(C)(c3ccc(F)cc3)c3cccc(F)c3)ccc21. The van der Waals surface area contributed by atoms with Gasteiger partial charge in [0.2, 0.25) is 0 Å². The summed E-state index contributed by atoms with van der Waals surface area (Å²) < 4.78 is 29.2. The molecule has 0 spiro atoms. The van der Waals surface area contributed by atoms with Crippen LogP contribution in [0, 0.1) is 11.6 Å². The number of unbranched alkanes of at least 4 members (excludes halogenated alkanes) is 1. The molecule has 1 heterocycles. The molecule has 0 amide bonds. The minimum Gasteiger partial charge on any atom is -0.306 e. The average Bonchev–Trinajstić information content (AvgIpc) is 3.11. The summed E-state index contributed by atoms with van der Waals surface area (Å²) in [5, 5.41) is 0. The van der Waals surface area contributed by atoms with Gasteiger partial charge in [0.15, 0.2) is 0 Å². The van der Waals surface area contributed by atoms with E-state index in [4.69, 9.17) is 0 Å². The number of rotatable bonds is 8. The minimum atomic E-state index is -0.413. The van der Waals surface area contributed by atoms with Crippen molar-refractivity contribution in [3.05, 3.63) is 106 Å². The van der Waals surface area contributed by atoms with Crippen LogP contribution in [-0.4, -0.2) is 9.55 Å². The van der Waals surface area contributed by atoms with Gasteiger partial charge in [0.25, 0.3) is 0 Å². The molecule has 0 radical (unpaired) electrons. The quantitative estimate of drug-likeness (QED) is 0.323. The zero-order chi connectivity index (χ0) is 22.7. The third-order valence-corrected chi connectivity index (χ3v) is 6.49. The Morgan fingerprint density at radius 3 is 2.41 bits per heavy atom. The van der Waals surface area contributed by atoms with E-state index >= 15 is 0 Å². The van der Waals surface area contributed by atoms with Crippen LogP contribution in [0.4, 0.5) is 8.78 Å². The number of fused-ring (bicyclic) bond motifs is 1. The molecule has 166 valence electrons. The first-order valence-electron chi connectivity index (χ1n) is 11.1. The summed E-state index contributed by atoms with van der Waals surface area (Å²) >= 11 is 0. The number of H-pyrrole nitrogens is 1. The van der Waals surface area contributed by atoms with E-state index < -0.39 is 5.41 Å². The molecule has 1 aromatic heterocycles. The van der Waals surface area contributed by atoms with Crippen molar-refractivity contribution in [2.24, 2.45) is 0 Å². The van der Waals surface area contributed by atoms with Gasteiger partial charge in [0, 0.05) is 12.0 Å². The Labute approximate surface area is 186 Å². The molecule has 1 N–H and O–H groups in total. The van der Waals surface area contributed by atoms with Crippen molar-refractivity contribution < 1.29 is 8.78 Å². The van der Waals surface area contributed by atoms with E-state index in [2.05, 4.69) is 24.0 Å². The lowest BCUT2D eigenvalue weighted by atomic mass is 9.72. The molecular weight excluding hydrogens is 406 g/mol. The zero-order valence-corrected chi connectivity index (χ0v) is 18.5. The van der Waals surface area contributed by atoms with Crippen molar-refractivity contribution in [2.45, 2.75) is 51.5 Å². The van der Waals surface area contributed by atoms with Crippen molar-refractivity contribution in [3.8, 4) is 0 Å². The highest BCUT2D eigenvalue weighted by molar-refractivity contribution is 5.76. The number of aromatic nitrogens is 2. The predicted octanol–water partition coefficient (Wildman–Crippen LogP) is 6.35. The van der Waals surface area contributed by atoms with Crippen molar-refractivity contribution in [3.63, 3.8) is 0 Å². The van der Waals surface area contributed by atoms with Gasteiger partial charge in [-0.3, -0.25) is 4.57 Å². The Kier molecular flexibility index (Phi) is 6.26. The highest BCUT2D eigenvalue weighted by atomic mass is 19.1. The van der Waals surface area contributed by atoms with Gasteiger partial charge >= 0.3 is 5.69 Å². The molecule has 0 aliphatic heterocycles. The Balaban J connectivity index is 1.50. The number of aromatic amines is 1. The molecule has 0 bridgehead atoms. The lowest BCUT2D eigenvalue weighted by Gasteiger charge is -2.31. The van der Waals surface area contributed by atoms with E-state index in [0.29, 0.717) is 6.54 Å². The van der Waals surface area contributed by atoms with Crippen molar-refractivity contribution in [1.82, 2.24) is 9.55 Å². The van der Waals surface area contributed by atoms with Crippen LogP contribution in [0.5, 0.6) is 0 Å². The molecule has 32 heavy (non-hydrogen) atoms. The summed E-state index contributed by atoms with van der Waals surface area (Å²) in [6.45, 7) is 4.69. The Morgan fingerprint density at radius 1 is 0.906 bits per heavy atom. The van der Waals surface area contributed by atoms with E-state index in [1.165, 1.54) is 23.8 Å². The number of imidazole rings is 1. The molecule has 0 aliphatic rings. The molecule has 4 aromatic rings. The van der Waals surface area contributed by atoms with Crippen LogP contribution in [0.1, 0.15) is 49.8 Å². The number of halogens is 2. The largest absolute Gasteiger partial charge is 0.326 e. The van der Waals surface area contributed by atoms with Crippen LogP contribution in [0.2, 0.25) is 0 Å². The summed E-state index contributed by atoms with van der Waals surface area (Å²) in [5.41, 5.74) is 4.35. The number of hydrogen-bond acceptors (Lipinski definition) is 1. The van der Waals surface area contributed by atoms with Crippen LogP contribution in [0.25, 0.3) is 11.0 Å². The maximum Gasteiger partial charge on any atom is 0.326 e. The zero-order valence-electron chi connectivity index (χ0n) is 18.5. The Hall–Kier alpha value is -3.21. The fourth-order valence-corrected chi connectivity index (χ4v) is 4.59. The third-order valence-electron chi connectivity index (χ3n) is 6.49. The first-order chi connectivity index (χ1) is 15.4. The third kappa shape index (κ3) is 4.38. The molecule has 1 unspecified atom stereocenters. The number of nitrogens with one attached hydrogen (secondary N) is 1. The van der Waals surface area contributed by atoms with Crippen LogP contribution in [0.15, 0.2) is 71.5 Å². The molecule has 0 saturated carbocycles. The molecule has 0 aliphatic carbocycles. The summed E-state index contributed by atoms with van der Waals surface area (Å²) in [5.74, 6) is -0.544. The van der Waals surface area contributed by atoms with Crippen molar-refractivity contribution in [2.75, 3.05) is 0 Å². The lowest BCUT2D eigenvalue weighted by molar-refractivity contribution is 0.481. The summed E-state index contributed by atoms with van der Waals surface area (Å²) in [6.07, 6.45) is 3.58. The minimum absolute atomic E-state index is 0.0789. The molecule has 1 atom stereocenters. The highest BCUT2D eigenvalue weighted by Gasteiger charge is 2.29. The molecule has 0 fully saturated rings. The van der Waals surface area contributed by atoms with Gasteiger partial charge in [-0.05, 0) is 79.3 Å². The second kappa shape index (κ2) is 9.11. The standard InChI is InChI=1S/C27H28F2N2O/c1-3-31-25-15-10-19(17-24(25)30-26(31)32)7-4-5-16-27(2,20-11-13-22(28)14-12-20)21-8-6-9-23(29)18-21/h6,8-15,17-18H,3-5,7,16H2,1-2H3,(H,30,32). The molecule has 0 saturated heterocycles. The van der Waals surface area contributed by atoms with E-state index in [9.17, 15) is 13.6 Å². The predicted molar refractivity (Wildman–Crippen MR) is 125 cm³/mol. The number of nitrogens with zero attached hydrogens (tertiary/aromatic N) is 1. The lowest BCUT2D eigenvalue weighted by Crippen LogP contribution is -2.24. The summed E-state index contributed by atoms with van der Waals surface area (Å²) in [4.78, 5) is 15.0. The summed E-state index contributed by atoms with van der Waals surface area (Å²) in [6, 6.07) is 19.3. The fraction of sp³-hybridized carbons (Fsp3) is 0.296. The van der Waals surface area contributed by atoms with E-state index in [1.807, 2.05) is 19.1 Å². The van der Waals surface area contributed by atoms with Crippen LogP contribution < -0.4 is 5.69 Å². The second-order valence-corrected chi connectivity index (χ2v) is 8.58. The highest BCUT2D eigenvalue weighted by Crippen LogP contribution is 2.37. The van der Waals surface area contributed by atoms with Crippen LogP contribution in [-0.2, 0) is 18.4 Å². The van der Waals surface area contributed by atoms with Gasteiger partial charge < -0.3 is 4.98 Å². The van der Waals surface area contributed by atoms with Crippen LogP contribution in [0.3, 0.4) is 0 Å². The number of aryl methyl sites for hydroxylation is 2. The monoisotopic (exact) mass is 434 g/mol. The molecule has 3 nitrogen and oxygen atoms in total. The van der Waals surface area contributed by atoms with Gasteiger partial charge in [-0.15, -0.1) is 0 Å². The van der Waals surface area contributed by atoms with Crippen molar-refractivity contribution in [1.29, 1.82) is 0 Å².